The molecule has 0 spiro atoms. The summed E-state index contributed by atoms with van der Waals surface area (Å²) in [4.78, 5) is 39.1. The zero-order valence-corrected chi connectivity index (χ0v) is 19.8. The number of barbiturate groups is 1. The van der Waals surface area contributed by atoms with Crippen LogP contribution >= 0.6 is 11.6 Å². The Labute approximate surface area is 202 Å². The van der Waals surface area contributed by atoms with Crippen molar-refractivity contribution in [2.75, 3.05) is 4.90 Å². The third-order valence-corrected chi connectivity index (χ3v) is 5.87. The van der Waals surface area contributed by atoms with Crippen LogP contribution in [0.4, 0.5) is 10.5 Å². The number of hydrogen-bond donors (Lipinski definition) is 1. The van der Waals surface area contributed by atoms with Crippen LogP contribution in [0.15, 0.2) is 66.2 Å². The highest BCUT2D eigenvalue weighted by atomic mass is 35.5. The molecule has 0 aliphatic carbocycles. The van der Waals surface area contributed by atoms with Crippen molar-refractivity contribution in [3.8, 4) is 5.75 Å². The standard InChI is InChI=1S/C27H23ClN2O4/c1-16-4-9-22(10-5-16)30-26(32)23(25(31)29-27(30)33)14-20-13-21(28)8-11-24(20)34-15-19-7-6-17(2)18(3)12-19/h4-14H,15H2,1-3H3,(H,29,31,33)/b23-14+. The molecular weight excluding hydrogens is 452 g/mol. The fraction of sp³-hybridized carbons (Fsp3) is 0.148. The second-order valence-electron chi connectivity index (χ2n) is 8.18. The van der Waals surface area contributed by atoms with Gasteiger partial charge in [0, 0.05) is 10.6 Å². The second kappa shape index (κ2) is 9.53. The number of carbonyl (C=O) groups excluding carboxylic acids is 3. The Morgan fingerprint density at radius 2 is 1.65 bits per heavy atom. The van der Waals surface area contributed by atoms with Crippen molar-refractivity contribution in [3.05, 3.63) is 99.1 Å². The van der Waals surface area contributed by atoms with Gasteiger partial charge in [-0.25, -0.2) is 9.69 Å². The van der Waals surface area contributed by atoms with Crippen molar-refractivity contribution in [1.29, 1.82) is 0 Å². The summed E-state index contributed by atoms with van der Waals surface area (Å²) < 4.78 is 6.00. The molecular formula is C27H23ClN2O4. The van der Waals surface area contributed by atoms with E-state index in [2.05, 4.69) is 5.32 Å². The summed E-state index contributed by atoms with van der Waals surface area (Å²) in [5.41, 5.74) is 4.93. The van der Waals surface area contributed by atoms with Crippen molar-refractivity contribution in [3.63, 3.8) is 0 Å². The van der Waals surface area contributed by atoms with Gasteiger partial charge < -0.3 is 4.74 Å². The average Bonchev–Trinajstić information content (AvgIpc) is 2.79. The van der Waals surface area contributed by atoms with Crippen LogP contribution in [-0.2, 0) is 16.2 Å². The van der Waals surface area contributed by atoms with Gasteiger partial charge in [0.25, 0.3) is 11.8 Å². The lowest BCUT2D eigenvalue weighted by Gasteiger charge is -2.26. The monoisotopic (exact) mass is 474 g/mol. The van der Waals surface area contributed by atoms with Gasteiger partial charge in [0.15, 0.2) is 0 Å². The van der Waals surface area contributed by atoms with Gasteiger partial charge in [-0.05, 0) is 73.9 Å². The van der Waals surface area contributed by atoms with Crippen LogP contribution in [-0.4, -0.2) is 17.8 Å². The van der Waals surface area contributed by atoms with Gasteiger partial charge in [-0.1, -0.05) is 47.5 Å². The molecule has 34 heavy (non-hydrogen) atoms. The molecule has 0 bridgehead atoms. The van der Waals surface area contributed by atoms with E-state index in [4.69, 9.17) is 16.3 Å². The van der Waals surface area contributed by atoms with Crippen molar-refractivity contribution in [2.24, 2.45) is 0 Å². The van der Waals surface area contributed by atoms with E-state index in [1.807, 2.05) is 39.0 Å². The zero-order valence-electron chi connectivity index (χ0n) is 19.0. The molecule has 0 saturated carbocycles. The van der Waals surface area contributed by atoms with E-state index in [0.29, 0.717) is 28.6 Å². The summed E-state index contributed by atoms with van der Waals surface area (Å²) in [6.07, 6.45) is 1.40. The molecule has 0 atom stereocenters. The van der Waals surface area contributed by atoms with Crippen LogP contribution in [0.2, 0.25) is 5.02 Å². The summed E-state index contributed by atoms with van der Waals surface area (Å²) in [5, 5.41) is 2.65. The number of aryl methyl sites for hydroxylation is 3. The van der Waals surface area contributed by atoms with E-state index in [1.165, 1.54) is 11.6 Å². The molecule has 172 valence electrons. The number of benzene rings is 3. The highest BCUT2D eigenvalue weighted by Crippen LogP contribution is 2.29. The molecule has 0 aromatic heterocycles. The van der Waals surface area contributed by atoms with Gasteiger partial charge in [-0.15, -0.1) is 0 Å². The first-order chi connectivity index (χ1) is 16.2. The quantitative estimate of drug-likeness (QED) is 0.390. The van der Waals surface area contributed by atoms with Gasteiger partial charge >= 0.3 is 6.03 Å². The number of halogens is 1. The Kier molecular flexibility index (Phi) is 6.52. The first-order valence-corrected chi connectivity index (χ1v) is 11.1. The molecule has 7 heteroatoms. The summed E-state index contributed by atoms with van der Waals surface area (Å²) >= 11 is 6.19. The Morgan fingerprint density at radius 3 is 2.35 bits per heavy atom. The molecule has 1 heterocycles. The van der Waals surface area contributed by atoms with Crippen LogP contribution in [0.1, 0.15) is 27.8 Å². The fourth-order valence-corrected chi connectivity index (χ4v) is 3.74. The number of rotatable bonds is 5. The van der Waals surface area contributed by atoms with E-state index in [-0.39, 0.29) is 5.57 Å². The van der Waals surface area contributed by atoms with Gasteiger partial charge in [0.2, 0.25) is 0 Å². The van der Waals surface area contributed by atoms with Crippen LogP contribution in [0, 0.1) is 20.8 Å². The average molecular weight is 475 g/mol. The molecule has 1 saturated heterocycles. The summed E-state index contributed by atoms with van der Waals surface area (Å²) in [5.74, 6) is -1.05. The first-order valence-electron chi connectivity index (χ1n) is 10.7. The second-order valence-corrected chi connectivity index (χ2v) is 8.62. The lowest BCUT2D eigenvalue weighted by atomic mass is 10.1. The van der Waals surface area contributed by atoms with E-state index < -0.39 is 17.8 Å². The molecule has 1 fully saturated rings. The number of amides is 4. The molecule has 3 aromatic rings. The van der Waals surface area contributed by atoms with Gasteiger partial charge in [0.1, 0.15) is 17.9 Å². The van der Waals surface area contributed by atoms with Crippen molar-refractivity contribution in [1.82, 2.24) is 5.32 Å². The Hall–Kier alpha value is -3.90. The Balaban J connectivity index is 1.66. The third kappa shape index (κ3) is 4.87. The highest BCUT2D eigenvalue weighted by Gasteiger charge is 2.37. The Bertz CT molecular complexity index is 1330. The number of nitrogens with one attached hydrogen (secondary N) is 1. The zero-order chi connectivity index (χ0) is 24.4. The lowest BCUT2D eigenvalue weighted by Crippen LogP contribution is -2.54. The van der Waals surface area contributed by atoms with Crippen LogP contribution in [0.3, 0.4) is 0 Å². The lowest BCUT2D eigenvalue weighted by molar-refractivity contribution is -0.122. The van der Waals surface area contributed by atoms with Crippen LogP contribution in [0.5, 0.6) is 5.75 Å². The number of imide groups is 2. The molecule has 4 amide bonds. The van der Waals surface area contributed by atoms with Gasteiger partial charge in [0.05, 0.1) is 5.69 Å². The highest BCUT2D eigenvalue weighted by molar-refractivity contribution is 6.39. The number of nitrogens with zero attached hydrogens (tertiary/aromatic N) is 1. The Morgan fingerprint density at radius 1 is 0.912 bits per heavy atom. The molecule has 1 aliphatic rings. The maximum absolute atomic E-state index is 13.2. The normalized spacial score (nSPS) is 15.0. The largest absolute Gasteiger partial charge is 0.488 e. The fourth-order valence-electron chi connectivity index (χ4n) is 3.56. The van der Waals surface area contributed by atoms with Crippen LogP contribution < -0.4 is 15.0 Å². The number of urea groups is 1. The summed E-state index contributed by atoms with van der Waals surface area (Å²) in [7, 11) is 0. The van der Waals surface area contributed by atoms with Crippen molar-refractivity contribution >= 4 is 41.2 Å². The number of hydrogen-bond acceptors (Lipinski definition) is 4. The molecule has 0 unspecified atom stereocenters. The molecule has 1 aliphatic heterocycles. The third-order valence-electron chi connectivity index (χ3n) is 5.63. The van der Waals surface area contributed by atoms with E-state index in [9.17, 15) is 14.4 Å². The first kappa shape index (κ1) is 23.3. The summed E-state index contributed by atoms with van der Waals surface area (Å²) in [6.45, 7) is 6.27. The molecule has 6 nitrogen and oxygen atoms in total. The summed E-state index contributed by atoms with van der Waals surface area (Å²) in [6, 6.07) is 17.1. The number of carbonyl (C=O) groups is 3. The maximum Gasteiger partial charge on any atom is 0.335 e. The van der Waals surface area contributed by atoms with E-state index >= 15 is 0 Å². The number of anilines is 1. The smallest absolute Gasteiger partial charge is 0.335 e. The van der Waals surface area contributed by atoms with Crippen molar-refractivity contribution < 1.29 is 19.1 Å². The van der Waals surface area contributed by atoms with Gasteiger partial charge in [-0.2, -0.15) is 0 Å². The molecule has 3 aromatic carbocycles. The molecule has 1 N–H and O–H groups in total. The van der Waals surface area contributed by atoms with Crippen LogP contribution in [0.25, 0.3) is 6.08 Å². The van der Waals surface area contributed by atoms with E-state index in [0.717, 1.165) is 21.6 Å². The SMILES string of the molecule is Cc1ccc(N2C(=O)NC(=O)/C(=C\c3cc(Cl)ccc3OCc3ccc(C)c(C)c3)C2=O)cc1. The predicted octanol–water partition coefficient (Wildman–Crippen LogP) is 5.51. The van der Waals surface area contributed by atoms with Crippen molar-refractivity contribution in [2.45, 2.75) is 27.4 Å². The topological polar surface area (TPSA) is 75.7 Å². The van der Waals surface area contributed by atoms with E-state index in [1.54, 1.807) is 42.5 Å². The predicted molar refractivity (Wildman–Crippen MR) is 132 cm³/mol. The minimum absolute atomic E-state index is 0.196. The molecule has 4 rings (SSSR count). The number of ether oxygens (including phenoxy) is 1. The molecule has 0 radical (unpaired) electrons. The maximum atomic E-state index is 13.2. The minimum atomic E-state index is -0.798. The minimum Gasteiger partial charge on any atom is -0.488 e. The van der Waals surface area contributed by atoms with Gasteiger partial charge in [-0.3, -0.25) is 14.9 Å².